The van der Waals surface area contributed by atoms with Crippen LogP contribution in [-0.2, 0) is 9.47 Å². The monoisotopic (exact) mass is 304 g/mol. The molecule has 1 aliphatic rings. The Bertz CT molecular complexity index is 325. The normalized spacial score (nSPS) is 35.0. The third-order valence-electron chi connectivity index (χ3n) is 4.99. The van der Waals surface area contributed by atoms with Crippen molar-refractivity contribution in [2.24, 2.45) is 11.3 Å². The zero-order valence-electron chi connectivity index (χ0n) is 14.2. The third kappa shape index (κ3) is 4.17. The van der Waals surface area contributed by atoms with Crippen LogP contribution in [0.1, 0.15) is 54.4 Å². The summed E-state index contributed by atoms with van der Waals surface area (Å²) in [5.74, 6) is -0.341. The topological polar surface area (TPSA) is 79.2 Å². The Morgan fingerprint density at radius 1 is 1.00 bits per heavy atom. The van der Waals surface area contributed by atoms with E-state index in [1.54, 1.807) is 0 Å². The van der Waals surface area contributed by atoms with Crippen molar-refractivity contribution in [1.82, 2.24) is 0 Å². The number of aliphatic hydroxyl groups excluding tert-OH is 3. The second-order valence-electron chi connectivity index (χ2n) is 7.31. The van der Waals surface area contributed by atoms with Crippen LogP contribution in [0.15, 0.2) is 0 Å². The molecule has 1 rings (SSSR count). The molecule has 5 unspecified atom stereocenters. The Morgan fingerprint density at radius 3 is 2.00 bits per heavy atom. The average Bonchev–Trinajstić information content (AvgIpc) is 2.43. The van der Waals surface area contributed by atoms with Crippen LogP contribution in [0.2, 0.25) is 0 Å². The molecule has 0 aromatic carbocycles. The van der Waals surface area contributed by atoms with E-state index >= 15 is 0 Å². The van der Waals surface area contributed by atoms with E-state index in [0.717, 1.165) is 12.8 Å². The first-order valence-corrected chi connectivity index (χ1v) is 7.90. The zero-order chi connectivity index (χ0) is 16.4. The van der Waals surface area contributed by atoms with Crippen LogP contribution in [-0.4, -0.2) is 52.1 Å². The molecule has 5 nitrogen and oxygen atoms in total. The SMILES string of the molecule is CCC(C)(C)OC1OC(CO)C(C(C)(C)CC)C(O)C1O. The molecular formula is C16H32O5. The van der Waals surface area contributed by atoms with Gasteiger partial charge in [-0.1, -0.05) is 34.1 Å². The van der Waals surface area contributed by atoms with Crippen molar-refractivity contribution in [3.05, 3.63) is 0 Å². The van der Waals surface area contributed by atoms with Crippen LogP contribution >= 0.6 is 0 Å². The Labute approximate surface area is 128 Å². The van der Waals surface area contributed by atoms with Gasteiger partial charge in [-0.2, -0.15) is 0 Å². The predicted molar refractivity (Wildman–Crippen MR) is 80.8 cm³/mol. The number of ether oxygens (including phenoxy) is 2. The van der Waals surface area contributed by atoms with E-state index in [4.69, 9.17) is 9.47 Å². The maximum atomic E-state index is 10.5. The minimum Gasteiger partial charge on any atom is -0.394 e. The van der Waals surface area contributed by atoms with Gasteiger partial charge in [0.05, 0.1) is 24.4 Å². The molecule has 0 radical (unpaired) electrons. The summed E-state index contributed by atoms with van der Waals surface area (Å²) >= 11 is 0. The van der Waals surface area contributed by atoms with E-state index in [2.05, 4.69) is 0 Å². The van der Waals surface area contributed by atoms with E-state index in [9.17, 15) is 15.3 Å². The molecule has 5 atom stereocenters. The lowest BCUT2D eigenvalue weighted by Gasteiger charge is -2.49. The first-order valence-electron chi connectivity index (χ1n) is 7.90. The summed E-state index contributed by atoms with van der Waals surface area (Å²) < 4.78 is 11.6. The van der Waals surface area contributed by atoms with Crippen LogP contribution < -0.4 is 0 Å². The van der Waals surface area contributed by atoms with Crippen molar-refractivity contribution in [2.75, 3.05) is 6.61 Å². The minimum absolute atomic E-state index is 0.204. The summed E-state index contributed by atoms with van der Waals surface area (Å²) in [5, 5.41) is 30.5. The number of hydrogen-bond acceptors (Lipinski definition) is 5. The highest BCUT2D eigenvalue weighted by Gasteiger charge is 2.51. The fourth-order valence-electron chi connectivity index (χ4n) is 2.78. The second kappa shape index (κ2) is 6.92. The van der Waals surface area contributed by atoms with E-state index in [1.807, 2.05) is 41.5 Å². The molecule has 1 heterocycles. The third-order valence-corrected chi connectivity index (χ3v) is 4.99. The largest absolute Gasteiger partial charge is 0.394 e. The summed E-state index contributed by atoms with van der Waals surface area (Å²) in [4.78, 5) is 0. The van der Waals surface area contributed by atoms with E-state index < -0.39 is 30.2 Å². The molecular weight excluding hydrogens is 272 g/mol. The van der Waals surface area contributed by atoms with Gasteiger partial charge in [-0.05, 0) is 25.7 Å². The van der Waals surface area contributed by atoms with Gasteiger partial charge in [0, 0.05) is 5.92 Å². The average molecular weight is 304 g/mol. The molecule has 21 heavy (non-hydrogen) atoms. The van der Waals surface area contributed by atoms with Gasteiger partial charge < -0.3 is 24.8 Å². The summed E-state index contributed by atoms with van der Waals surface area (Å²) in [6, 6.07) is 0. The quantitative estimate of drug-likeness (QED) is 0.696. The van der Waals surface area contributed by atoms with Crippen LogP contribution in [0, 0.1) is 11.3 Å². The second-order valence-corrected chi connectivity index (χ2v) is 7.31. The molecule has 0 aromatic heterocycles. The number of hydrogen-bond donors (Lipinski definition) is 3. The summed E-state index contributed by atoms with van der Waals surface area (Å²) in [7, 11) is 0. The van der Waals surface area contributed by atoms with Crippen molar-refractivity contribution in [2.45, 2.75) is 84.6 Å². The van der Waals surface area contributed by atoms with Crippen LogP contribution in [0.25, 0.3) is 0 Å². The van der Waals surface area contributed by atoms with Crippen LogP contribution in [0.3, 0.4) is 0 Å². The Balaban J connectivity index is 2.95. The smallest absolute Gasteiger partial charge is 0.187 e. The summed E-state index contributed by atoms with van der Waals surface area (Å²) in [6.45, 7) is 11.6. The Kier molecular flexibility index (Phi) is 6.21. The van der Waals surface area contributed by atoms with Crippen LogP contribution in [0.5, 0.6) is 0 Å². The van der Waals surface area contributed by atoms with Crippen molar-refractivity contribution in [3.63, 3.8) is 0 Å². The molecule has 1 saturated heterocycles. The van der Waals surface area contributed by atoms with Gasteiger partial charge in [-0.3, -0.25) is 0 Å². The van der Waals surface area contributed by atoms with Gasteiger partial charge in [0.1, 0.15) is 6.10 Å². The summed E-state index contributed by atoms with van der Waals surface area (Å²) in [6.07, 6.45) is -2.00. The molecule has 126 valence electrons. The number of rotatable bonds is 6. The highest BCUT2D eigenvalue weighted by molar-refractivity contribution is 4.96. The molecule has 1 fully saturated rings. The lowest BCUT2D eigenvalue weighted by Crippen LogP contribution is -2.61. The molecule has 0 aromatic rings. The highest BCUT2D eigenvalue weighted by atomic mass is 16.7. The van der Waals surface area contributed by atoms with E-state index in [-0.39, 0.29) is 17.9 Å². The van der Waals surface area contributed by atoms with E-state index in [0.29, 0.717) is 0 Å². The molecule has 0 bridgehead atoms. The molecule has 1 aliphatic heterocycles. The molecule has 5 heteroatoms. The van der Waals surface area contributed by atoms with Crippen molar-refractivity contribution in [3.8, 4) is 0 Å². The lowest BCUT2D eigenvalue weighted by molar-refractivity contribution is -0.324. The standard InChI is InChI=1S/C16H32O5/c1-7-15(3,4)11-10(9-17)20-14(13(19)12(11)18)21-16(5,6)8-2/h10-14,17-19H,7-9H2,1-6H3. The van der Waals surface area contributed by atoms with Crippen molar-refractivity contribution >= 4 is 0 Å². The predicted octanol–water partition coefficient (Wildman–Crippen LogP) is 1.68. The molecule has 0 aliphatic carbocycles. The highest BCUT2D eigenvalue weighted by Crippen LogP contribution is 2.42. The zero-order valence-corrected chi connectivity index (χ0v) is 14.2. The molecule has 0 spiro atoms. The number of aliphatic hydroxyl groups is 3. The molecule has 0 amide bonds. The fourth-order valence-corrected chi connectivity index (χ4v) is 2.78. The van der Waals surface area contributed by atoms with Gasteiger partial charge >= 0.3 is 0 Å². The van der Waals surface area contributed by atoms with Crippen molar-refractivity contribution in [1.29, 1.82) is 0 Å². The fraction of sp³-hybridized carbons (Fsp3) is 1.00. The van der Waals surface area contributed by atoms with Crippen LogP contribution in [0.4, 0.5) is 0 Å². The summed E-state index contributed by atoms with van der Waals surface area (Å²) in [5.41, 5.74) is -0.711. The lowest BCUT2D eigenvalue weighted by atomic mass is 9.68. The first kappa shape index (κ1) is 18.8. The maximum Gasteiger partial charge on any atom is 0.187 e. The van der Waals surface area contributed by atoms with Gasteiger partial charge in [-0.15, -0.1) is 0 Å². The first-order chi connectivity index (χ1) is 9.59. The maximum absolute atomic E-state index is 10.5. The minimum atomic E-state index is -1.12. The van der Waals surface area contributed by atoms with Crippen molar-refractivity contribution < 1.29 is 24.8 Å². The van der Waals surface area contributed by atoms with Gasteiger partial charge in [0.15, 0.2) is 6.29 Å². The Hall–Kier alpha value is -0.200. The Morgan fingerprint density at radius 2 is 1.57 bits per heavy atom. The van der Waals surface area contributed by atoms with E-state index in [1.165, 1.54) is 0 Å². The van der Waals surface area contributed by atoms with Gasteiger partial charge in [-0.25, -0.2) is 0 Å². The van der Waals surface area contributed by atoms with Gasteiger partial charge in [0.25, 0.3) is 0 Å². The molecule has 0 saturated carbocycles. The van der Waals surface area contributed by atoms with Gasteiger partial charge in [0.2, 0.25) is 0 Å². The molecule has 3 N–H and O–H groups in total.